The Labute approximate surface area is 133 Å². The van der Waals surface area contributed by atoms with Crippen LogP contribution in [0.3, 0.4) is 0 Å². The van der Waals surface area contributed by atoms with Crippen LogP contribution in [-0.4, -0.2) is 41.1 Å². The minimum atomic E-state index is -0.535. The van der Waals surface area contributed by atoms with Crippen LogP contribution in [0, 0.1) is 5.92 Å². The zero-order chi connectivity index (χ0) is 16.2. The van der Waals surface area contributed by atoms with Gasteiger partial charge in [-0.15, -0.1) is 0 Å². The molecule has 8 heteroatoms. The molecule has 23 heavy (non-hydrogen) atoms. The third-order valence-electron chi connectivity index (χ3n) is 4.62. The smallest absolute Gasteiger partial charge is 0.345 e. The van der Waals surface area contributed by atoms with Crippen LogP contribution in [0.25, 0.3) is 0 Å². The van der Waals surface area contributed by atoms with Crippen molar-refractivity contribution in [2.75, 3.05) is 13.1 Å². The normalized spacial score (nSPS) is 22.5. The fourth-order valence-corrected chi connectivity index (χ4v) is 3.52. The molecular formula is C15H23N4O4+. The molecule has 1 aliphatic carbocycles. The van der Waals surface area contributed by atoms with Crippen molar-refractivity contribution in [3.05, 3.63) is 16.6 Å². The lowest BCUT2D eigenvalue weighted by molar-refractivity contribution is -0.751. The summed E-state index contributed by atoms with van der Waals surface area (Å²) in [5.41, 5.74) is -0.535. The van der Waals surface area contributed by atoms with E-state index in [9.17, 15) is 14.4 Å². The van der Waals surface area contributed by atoms with Crippen molar-refractivity contribution >= 4 is 11.8 Å². The number of carbonyl (C=O) groups is 2. The SMILES string of the molecule is O=C(C[n+]1cc(=O)o[nH]1)NC1CC(=O)N(CC2CCCCC2)C1. The Morgan fingerprint density at radius 3 is 2.83 bits per heavy atom. The van der Waals surface area contributed by atoms with Gasteiger partial charge in [0.1, 0.15) is 0 Å². The van der Waals surface area contributed by atoms with E-state index < -0.39 is 5.63 Å². The van der Waals surface area contributed by atoms with Crippen molar-refractivity contribution in [1.29, 1.82) is 0 Å². The zero-order valence-corrected chi connectivity index (χ0v) is 13.1. The minimum absolute atomic E-state index is 0.0287. The molecule has 1 atom stereocenters. The molecule has 2 N–H and O–H groups in total. The standard InChI is InChI=1S/C15H22N4O4/c20-13(9-19-10-15(22)23-17-19)16-12-6-14(21)18(8-12)7-11-4-2-1-3-5-11/h10-12H,1-9H2,(H-,16,17,20,22)/p+1. The van der Waals surface area contributed by atoms with E-state index in [2.05, 4.69) is 15.1 Å². The Morgan fingerprint density at radius 1 is 1.35 bits per heavy atom. The fourth-order valence-electron chi connectivity index (χ4n) is 3.52. The van der Waals surface area contributed by atoms with E-state index >= 15 is 0 Å². The van der Waals surface area contributed by atoms with Crippen LogP contribution in [0.15, 0.2) is 15.5 Å². The molecule has 1 aromatic rings. The van der Waals surface area contributed by atoms with E-state index in [1.165, 1.54) is 43.0 Å². The molecule has 2 heterocycles. The predicted molar refractivity (Wildman–Crippen MR) is 79.2 cm³/mol. The Bertz CT molecular complexity index is 617. The van der Waals surface area contributed by atoms with Gasteiger partial charge in [0.15, 0.2) is 0 Å². The van der Waals surface area contributed by atoms with Gasteiger partial charge in [-0.05, 0) is 24.0 Å². The molecular weight excluding hydrogens is 300 g/mol. The first-order chi connectivity index (χ1) is 11.1. The van der Waals surface area contributed by atoms with E-state index in [1.807, 2.05) is 4.90 Å². The maximum atomic E-state index is 12.1. The molecule has 1 aliphatic heterocycles. The molecule has 0 radical (unpaired) electrons. The number of hydrogen-bond acceptors (Lipinski definition) is 4. The summed E-state index contributed by atoms with van der Waals surface area (Å²) in [6.07, 6.45) is 7.74. The van der Waals surface area contributed by atoms with Crippen LogP contribution in [0.5, 0.6) is 0 Å². The lowest BCUT2D eigenvalue weighted by Gasteiger charge is -2.27. The van der Waals surface area contributed by atoms with Crippen molar-refractivity contribution in [3.63, 3.8) is 0 Å². The number of nitrogens with one attached hydrogen (secondary N) is 2. The van der Waals surface area contributed by atoms with Crippen LogP contribution in [-0.2, 0) is 16.1 Å². The molecule has 0 bridgehead atoms. The lowest BCUT2D eigenvalue weighted by Crippen LogP contribution is -2.47. The first-order valence-corrected chi connectivity index (χ1v) is 8.25. The summed E-state index contributed by atoms with van der Waals surface area (Å²) in [6.45, 7) is 1.36. The molecule has 126 valence electrons. The molecule has 1 saturated heterocycles. The van der Waals surface area contributed by atoms with Gasteiger partial charge in [-0.1, -0.05) is 23.9 Å². The first kappa shape index (κ1) is 15.8. The molecule has 2 aliphatic rings. The van der Waals surface area contributed by atoms with Gasteiger partial charge < -0.3 is 10.2 Å². The Balaban J connectivity index is 1.46. The van der Waals surface area contributed by atoms with Gasteiger partial charge in [-0.2, -0.15) is 0 Å². The third-order valence-corrected chi connectivity index (χ3v) is 4.62. The van der Waals surface area contributed by atoms with Gasteiger partial charge >= 0.3 is 5.63 Å². The Kier molecular flexibility index (Phi) is 4.78. The minimum Gasteiger partial charge on any atom is -0.345 e. The summed E-state index contributed by atoms with van der Waals surface area (Å²) in [6, 6.07) is -0.155. The van der Waals surface area contributed by atoms with E-state index in [0.717, 1.165) is 6.54 Å². The summed E-state index contributed by atoms with van der Waals surface area (Å²) in [5, 5.41) is 5.17. The van der Waals surface area contributed by atoms with Crippen molar-refractivity contribution in [1.82, 2.24) is 15.5 Å². The molecule has 1 saturated carbocycles. The Hall–Kier alpha value is -2.12. The largest absolute Gasteiger partial charge is 0.426 e. The number of amides is 2. The molecule has 2 fully saturated rings. The van der Waals surface area contributed by atoms with E-state index in [4.69, 9.17) is 0 Å². The van der Waals surface area contributed by atoms with Crippen LogP contribution >= 0.6 is 0 Å². The number of rotatable bonds is 5. The van der Waals surface area contributed by atoms with Crippen molar-refractivity contribution < 1.29 is 18.8 Å². The molecule has 1 aromatic heterocycles. The number of aromatic nitrogens is 2. The van der Waals surface area contributed by atoms with Gasteiger partial charge in [-0.25, -0.2) is 4.79 Å². The zero-order valence-electron chi connectivity index (χ0n) is 13.1. The van der Waals surface area contributed by atoms with Gasteiger partial charge in [0.25, 0.3) is 18.6 Å². The van der Waals surface area contributed by atoms with Crippen LogP contribution < -0.4 is 15.6 Å². The lowest BCUT2D eigenvalue weighted by atomic mass is 9.89. The van der Waals surface area contributed by atoms with Crippen molar-refractivity contribution in [3.8, 4) is 0 Å². The number of aromatic amines is 1. The molecule has 3 rings (SSSR count). The second-order valence-corrected chi connectivity index (χ2v) is 6.54. The number of hydrogen-bond donors (Lipinski definition) is 2. The van der Waals surface area contributed by atoms with E-state index in [0.29, 0.717) is 18.9 Å². The maximum Gasteiger partial charge on any atom is 0.426 e. The van der Waals surface area contributed by atoms with Crippen LogP contribution in [0.1, 0.15) is 38.5 Å². The molecule has 1 unspecified atom stereocenters. The van der Waals surface area contributed by atoms with Gasteiger partial charge in [-0.3, -0.25) is 14.1 Å². The summed E-state index contributed by atoms with van der Waals surface area (Å²) in [7, 11) is 0. The number of likely N-dealkylation sites (tertiary alicyclic amines) is 1. The molecule has 0 aromatic carbocycles. The monoisotopic (exact) mass is 323 g/mol. The molecule has 0 spiro atoms. The first-order valence-electron chi connectivity index (χ1n) is 8.25. The van der Waals surface area contributed by atoms with Crippen molar-refractivity contribution in [2.24, 2.45) is 5.92 Å². The highest BCUT2D eigenvalue weighted by atomic mass is 16.5. The summed E-state index contributed by atoms with van der Waals surface area (Å²) >= 11 is 0. The molecule has 8 nitrogen and oxygen atoms in total. The number of nitrogens with zero attached hydrogens (tertiary/aromatic N) is 2. The van der Waals surface area contributed by atoms with Crippen LogP contribution in [0.4, 0.5) is 0 Å². The third kappa shape index (κ3) is 4.20. The maximum absolute atomic E-state index is 12.1. The summed E-state index contributed by atoms with van der Waals surface area (Å²) in [4.78, 5) is 36.8. The van der Waals surface area contributed by atoms with E-state index in [-0.39, 0.29) is 24.4 Å². The van der Waals surface area contributed by atoms with Gasteiger partial charge in [0.05, 0.1) is 6.04 Å². The predicted octanol–water partition coefficient (Wildman–Crippen LogP) is -0.447. The second-order valence-electron chi connectivity index (χ2n) is 6.54. The quantitative estimate of drug-likeness (QED) is 0.717. The van der Waals surface area contributed by atoms with Crippen LogP contribution in [0.2, 0.25) is 0 Å². The highest BCUT2D eigenvalue weighted by Crippen LogP contribution is 2.26. The average Bonchev–Trinajstić information content (AvgIpc) is 3.06. The Morgan fingerprint density at radius 2 is 2.13 bits per heavy atom. The highest BCUT2D eigenvalue weighted by molar-refractivity contribution is 5.81. The van der Waals surface area contributed by atoms with Gasteiger partial charge in [0, 0.05) is 19.5 Å². The molecule has 2 amide bonds. The summed E-state index contributed by atoms with van der Waals surface area (Å²) in [5.74, 6) is 0.475. The fraction of sp³-hybridized carbons (Fsp3) is 0.733. The number of carbonyl (C=O) groups excluding carboxylic acids is 2. The second kappa shape index (κ2) is 6.97. The topological polar surface area (TPSA) is 99.3 Å². The van der Waals surface area contributed by atoms with Gasteiger partial charge in [0.2, 0.25) is 5.91 Å². The summed E-state index contributed by atoms with van der Waals surface area (Å²) < 4.78 is 5.77. The van der Waals surface area contributed by atoms with E-state index in [1.54, 1.807) is 0 Å². The highest BCUT2D eigenvalue weighted by Gasteiger charge is 2.32. The van der Waals surface area contributed by atoms with Crippen molar-refractivity contribution in [2.45, 2.75) is 51.1 Å². The average molecular weight is 323 g/mol. The number of H-pyrrole nitrogens is 1.